The van der Waals surface area contributed by atoms with Gasteiger partial charge < -0.3 is 32.6 Å². The Labute approximate surface area is 270 Å². The summed E-state index contributed by atoms with van der Waals surface area (Å²) >= 11 is 0. The highest BCUT2D eigenvalue weighted by Crippen LogP contribution is 2.52. The van der Waals surface area contributed by atoms with Crippen LogP contribution < -0.4 is 32.6 Å². The zero-order valence-electron chi connectivity index (χ0n) is 26.3. The molecule has 1 N–H and O–H groups in total. The third kappa shape index (κ3) is 9.68. The zero-order valence-corrected chi connectivity index (χ0v) is 27.9. The summed E-state index contributed by atoms with van der Waals surface area (Å²) in [7, 11) is -4.64. The number of methoxy groups -OCH3 is 3. The largest absolute Gasteiger partial charge is 0.496 e. The molecule has 0 aliphatic carbocycles. The number of allylic oxidation sites excluding steroid dienone is 1. The lowest BCUT2D eigenvalue weighted by atomic mass is 9.96. The second kappa shape index (κ2) is 14.4. The quantitative estimate of drug-likeness (QED) is 0.176. The van der Waals surface area contributed by atoms with E-state index in [1.165, 1.54) is 57.7 Å². The first kappa shape index (κ1) is 36.8. The minimum absolute atomic E-state index is 0.00810. The summed E-state index contributed by atoms with van der Waals surface area (Å²) < 4.78 is 121. The number of anilines is 1. The van der Waals surface area contributed by atoms with Gasteiger partial charge in [-0.1, -0.05) is 17.7 Å². The monoisotopic (exact) mass is 703 g/mol. The van der Waals surface area contributed by atoms with Crippen molar-refractivity contribution in [2.45, 2.75) is 20.0 Å². The molecule has 0 fully saturated rings. The van der Waals surface area contributed by atoms with E-state index in [2.05, 4.69) is 0 Å². The first-order valence-corrected chi connectivity index (χ1v) is 17.0. The van der Waals surface area contributed by atoms with Gasteiger partial charge in [0.05, 0.1) is 45.1 Å². The molecule has 0 aromatic heterocycles. The number of rotatable bonds is 13. The van der Waals surface area contributed by atoms with Crippen molar-refractivity contribution in [3.05, 3.63) is 54.1 Å². The third-order valence-corrected chi connectivity index (χ3v) is 7.03. The summed E-state index contributed by atoms with van der Waals surface area (Å²) in [6, 6.07) is 9.37. The van der Waals surface area contributed by atoms with E-state index < -0.39 is 32.3 Å². The number of carbonyl (C=O) groups excluding carboxylic acids is 1. The Morgan fingerprint density at radius 2 is 1.36 bits per heavy atom. The molecule has 0 saturated carbocycles. The Morgan fingerprint density at radius 1 is 0.766 bits per heavy atom. The van der Waals surface area contributed by atoms with Crippen molar-refractivity contribution in [1.82, 2.24) is 0 Å². The molecule has 0 aliphatic rings. The van der Waals surface area contributed by atoms with E-state index in [9.17, 15) is 34.8 Å². The van der Waals surface area contributed by atoms with Crippen molar-refractivity contribution in [3.63, 3.8) is 0 Å². The number of halogens is 3. The van der Waals surface area contributed by atoms with Crippen molar-refractivity contribution >= 4 is 31.8 Å². The van der Waals surface area contributed by atoms with Gasteiger partial charge in [-0.15, -0.1) is 0 Å². The van der Waals surface area contributed by atoms with Crippen molar-refractivity contribution in [2.24, 2.45) is 0 Å². The van der Waals surface area contributed by atoms with Crippen LogP contribution in [0.15, 0.2) is 54.1 Å². The number of carbonyl (C=O) groups is 1. The van der Waals surface area contributed by atoms with E-state index in [4.69, 9.17) is 27.3 Å². The van der Waals surface area contributed by atoms with Gasteiger partial charge in [-0.25, -0.2) is 0 Å². The van der Waals surface area contributed by atoms with Gasteiger partial charge in [-0.2, -0.15) is 30.0 Å². The Balaban J connectivity index is 2.32. The number of hydrogen-bond donors (Lipinski definition) is 1. The first-order chi connectivity index (χ1) is 21.8. The molecule has 0 bridgehead atoms. The number of hydrogen-bond acceptors (Lipinski definition) is 11. The van der Waals surface area contributed by atoms with E-state index in [0.717, 1.165) is 24.2 Å². The van der Waals surface area contributed by atoms with Crippen molar-refractivity contribution < 1.29 is 62.1 Å². The highest BCUT2D eigenvalue weighted by Gasteiger charge is 2.39. The normalized spacial score (nSPS) is 11.7. The molecular formula is C30H32F3NO11S2. The molecule has 0 radical (unpaired) electrons. The SMILES string of the molecule is COc1cc(-c2cc(OC)c(-c3ccc(OCC=C(C)C)c(OS(C)(=O)=O)c3)c(OS(C)(=O)=O)c2OC)ccc1NC(=O)C(F)(F)F. The average Bonchev–Trinajstić information content (AvgIpc) is 2.95. The number of amides is 1. The summed E-state index contributed by atoms with van der Waals surface area (Å²) in [5.41, 5.74) is 1.21. The van der Waals surface area contributed by atoms with Gasteiger partial charge in [-0.3, -0.25) is 4.79 Å². The number of benzene rings is 3. The predicted octanol–water partition coefficient (Wildman–Crippen LogP) is 5.57. The predicted molar refractivity (Wildman–Crippen MR) is 168 cm³/mol. The van der Waals surface area contributed by atoms with Gasteiger partial charge in [0.15, 0.2) is 23.0 Å². The van der Waals surface area contributed by atoms with Crippen LogP contribution in [0.5, 0.6) is 34.5 Å². The topological polar surface area (TPSA) is 153 Å². The van der Waals surface area contributed by atoms with Crippen LogP contribution in [0.4, 0.5) is 18.9 Å². The van der Waals surface area contributed by atoms with E-state index in [-0.39, 0.29) is 69.0 Å². The fourth-order valence-electron chi connectivity index (χ4n) is 4.16. The Morgan fingerprint density at radius 3 is 1.89 bits per heavy atom. The zero-order chi connectivity index (χ0) is 35.3. The van der Waals surface area contributed by atoms with E-state index in [1.807, 2.05) is 13.8 Å². The smallest absolute Gasteiger partial charge is 0.471 e. The lowest BCUT2D eigenvalue weighted by Gasteiger charge is -2.21. The molecule has 17 heteroatoms. The van der Waals surface area contributed by atoms with E-state index in [0.29, 0.717) is 0 Å². The molecule has 0 saturated heterocycles. The molecule has 47 heavy (non-hydrogen) atoms. The van der Waals surface area contributed by atoms with Gasteiger partial charge in [0.2, 0.25) is 0 Å². The Kier molecular flexibility index (Phi) is 11.3. The van der Waals surface area contributed by atoms with Gasteiger partial charge in [0.1, 0.15) is 18.1 Å². The fraction of sp³-hybridized carbons (Fsp3) is 0.300. The minimum atomic E-state index is -5.16. The van der Waals surface area contributed by atoms with Gasteiger partial charge >= 0.3 is 32.3 Å². The average molecular weight is 704 g/mol. The molecule has 3 aromatic rings. The van der Waals surface area contributed by atoms with Crippen LogP contribution in [-0.2, 0) is 25.0 Å². The van der Waals surface area contributed by atoms with Crippen LogP contribution in [0.25, 0.3) is 22.3 Å². The second-order valence-corrected chi connectivity index (χ2v) is 13.2. The fourth-order valence-corrected chi connectivity index (χ4v) is 5.08. The molecule has 3 aromatic carbocycles. The maximum atomic E-state index is 12.9. The van der Waals surface area contributed by atoms with Crippen LogP contribution in [0.1, 0.15) is 13.8 Å². The summed E-state index contributed by atoms with van der Waals surface area (Å²) in [5, 5.41) is 1.73. The molecule has 0 aliphatic heterocycles. The lowest BCUT2D eigenvalue weighted by molar-refractivity contribution is -0.167. The minimum Gasteiger partial charge on any atom is -0.496 e. The van der Waals surface area contributed by atoms with Crippen LogP contribution >= 0.6 is 0 Å². The third-order valence-electron chi connectivity index (χ3n) is 6.08. The van der Waals surface area contributed by atoms with Gasteiger partial charge in [-0.05, 0) is 61.4 Å². The Bertz CT molecular complexity index is 1900. The number of alkyl halides is 3. The van der Waals surface area contributed by atoms with Crippen LogP contribution in [0.2, 0.25) is 0 Å². The molecular weight excluding hydrogens is 671 g/mol. The maximum absolute atomic E-state index is 12.9. The van der Waals surface area contributed by atoms with Crippen LogP contribution in [0.3, 0.4) is 0 Å². The summed E-state index contributed by atoms with van der Waals surface area (Å²) in [6.45, 7) is 3.80. The van der Waals surface area contributed by atoms with Crippen molar-refractivity contribution in [2.75, 3.05) is 45.8 Å². The highest BCUT2D eigenvalue weighted by atomic mass is 32.2. The maximum Gasteiger partial charge on any atom is 0.471 e. The van der Waals surface area contributed by atoms with Crippen LogP contribution in [0, 0.1) is 0 Å². The van der Waals surface area contributed by atoms with Crippen molar-refractivity contribution in [3.8, 4) is 56.8 Å². The molecule has 3 rings (SSSR count). The number of nitrogens with one attached hydrogen (secondary N) is 1. The first-order valence-electron chi connectivity index (χ1n) is 13.3. The molecule has 1 amide bonds. The highest BCUT2D eigenvalue weighted by molar-refractivity contribution is 7.86. The van der Waals surface area contributed by atoms with Gasteiger partial charge in [0, 0.05) is 5.56 Å². The van der Waals surface area contributed by atoms with E-state index in [1.54, 1.807) is 11.4 Å². The number of ether oxygens (including phenoxy) is 4. The van der Waals surface area contributed by atoms with E-state index >= 15 is 0 Å². The van der Waals surface area contributed by atoms with Crippen LogP contribution in [-0.4, -0.2) is 69.4 Å². The Hall–Kier alpha value is -4.64. The lowest BCUT2D eigenvalue weighted by Crippen LogP contribution is -2.30. The molecule has 256 valence electrons. The molecule has 0 heterocycles. The molecule has 0 atom stereocenters. The summed E-state index contributed by atoms with van der Waals surface area (Å²) in [6.07, 6.45) is -1.77. The van der Waals surface area contributed by atoms with Crippen molar-refractivity contribution in [1.29, 1.82) is 0 Å². The summed E-state index contributed by atoms with van der Waals surface area (Å²) in [5.74, 6) is -3.06. The second-order valence-electron chi connectivity index (χ2n) is 10.1. The summed E-state index contributed by atoms with van der Waals surface area (Å²) in [4.78, 5) is 11.5. The molecule has 12 nitrogen and oxygen atoms in total. The molecule has 0 spiro atoms. The molecule has 0 unspecified atom stereocenters. The standard InChI is InChI=1S/C30H32F3NO11S2/c1-17(2)12-13-43-22-11-9-19(15-24(22)44-46(6,36)37)26-25(41-4)16-20(27(42-5)28(26)45-47(7,38)39)18-8-10-21(23(14-18)40-3)34-29(35)30(31,32)33/h8-12,14-16H,13H2,1-7H3,(H,34,35). The van der Waals surface area contributed by atoms with Gasteiger partial charge in [0.25, 0.3) is 0 Å².